The maximum atomic E-state index is 5.70. The van der Waals surface area contributed by atoms with Crippen LogP contribution in [0.4, 0.5) is 6.01 Å². The van der Waals surface area contributed by atoms with Crippen molar-refractivity contribution in [2.75, 3.05) is 32.1 Å². The van der Waals surface area contributed by atoms with E-state index in [4.69, 9.17) is 9.15 Å². The van der Waals surface area contributed by atoms with Gasteiger partial charge in [-0.2, -0.15) is 0 Å². The summed E-state index contributed by atoms with van der Waals surface area (Å²) in [6.45, 7) is 5.84. The third-order valence-corrected chi connectivity index (χ3v) is 3.66. The van der Waals surface area contributed by atoms with Crippen LogP contribution in [-0.4, -0.2) is 43.0 Å². The maximum absolute atomic E-state index is 5.70. The Bertz CT molecular complexity index is 395. The highest BCUT2D eigenvalue weighted by molar-refractivity contribution is 5.27. The van der Waals surface area contributed by atoms with E-state index < -0.39 is 0 Å². The molecule has 6 nitrogen and oxygen atoms in total. The Kier molecular flexibility index (Phi) is 3.87. The van der Waals surface area contributed by atoms with Crippen molar-refractivity contribution in [3.63, 3.8) is 0 Å². The summed E-state index contributed by atoms with van der Waals surface area (Å²) in [5.41, 5.74) is -0.124. The number of hydrogen-bond donors (Lipinski definition) is 1. The van der Waals surface area contributed by atoms with Crippen molar-refractivity contribution < 1.29 is 9.15 Å². The zero-order valence-corrected chi connectivity index (χ0v) is 11.6. The van der Waals surface area contributed by atoms with Crippen LogP contribution >= 0.6 is 0 Å². The monoisotopic (exact) mass is 254 g/mol. The molecular formula is C12H22N4O2. The Balaban J connectivity index is 2.09. The van der Waals surface area contributed by atoms with Crippen LogP contribution in [0.25, 0.3) is 0 Å². The van der Waals surface area contributed by atoms with Crippen molar-refractivity contribution >= 4 is 6.01 Å². The first-order valence-electron chi connectivity index (χ1n) is 6.39. The first kappa shape index (κ1) is 13.3. The molecule has 2 rings (SSSR count). The van der Waals surface area contributed by atoms with Crippen molar-refractivity contribution in [1.82, 2.24) is 15.5 Å². The second-order valence-corrected chi connectivity index (χ2v) is 5.11. The molecule has 2 unspecified atom stereocenters. The van der Waals surface area contributed by atoms with Crippen LogP contribution in [0, 0.1) is 0 Å². The quantitative estimate of drug-likeness (QED) is 0.875. The van der Waals surface area contributed by atoms with Crippen molar-refractivity contribution in [3.05, 3.63) is 5.89 Å². The predicted octanol–water partition coefficient (Wildman–Crippen LogP) is 1.36. The summed E-state index contributed by atoms with van der Waals surface area (Å²) in [5, 5.41) is 11.3. The highest BCUT2D eigenvalue weighted by Gasteiger charge is 2.33. The molecule has 1 aliphatic rings. The largest absolute Gasteiger partial charge is 0.406 e. The predicted molar refractivity (Wildman–Crippen MR) is 68.6 cm³/mol. The molecule has 0 aromatic carbocycles. The molecule has 1 aromatic heterocycles. The van der Waals surface area contributed by atoms with Gasteiger partial charge in [-0.3, -0.25) is 0 Å². The molecule has 2 heterocycles. The second-order valence-electron chi connectivity index (χ2n) is 5.11. The minimum absolute atomic E-state index is 0.0739. The van der Waals surface area contributed by atoms with Gasteiger partial charge >= 0.3 is 6.01 Å². The van der Waals surface area contributed by atoms with Gasteiger partial charge in [-0.05, 0) is 33.7 Å². The number of aromatic nitrogens is 2. The summed E-state index contributed by atoms with van der Waals surface area (Å²) < 4.78 is 11.3. The molecule has 6 heteroatoms. The van der Waals surface area contributed by atoms with Crippen LogP contribution in [-0.2, 0) is 4.74 Å². The van der Waals surface area contributed by atoms with Gasteiger partial charge in [0, 0.05) is 13.7 Å². The van der Waals surface area contributed by atoms with E-state index >= 15 is 0 Å². The van der Waals surface area contributed by atoms with Crippen molar-refractivity contribution in [1.29, 1.82) is 0 Å². The Labute approximate surface area is 108 Å². The molecule has 1 fully saturated rings. The summed E-state index contributed by atoms with van der Waals surface area (Å²) in [4.78, 5) is 2.10. The van der Waals surface area contributed by atoms with Gasteiger partial charge in [-0.25, -0.2) is 0 Å². The standard InChI is InChI=1S/C12H22N4O2/c1-9(13-3)10-14-15-11(18-10)16-7-5-6-12(2,8-16)17-4/h9,13H,5-8H2,1-4H3. The van der Waals surface area contributed by atoms with Crippen molar-refractivity contribution in [2.24, 2.45) is 0 Å². The van der Waals surface area contributed by atoms with Gasteiger partial charge in [0.1, 0.15) is 0 Å². The van der Waals surface area contributed by atoms with Crippen molar-refractivity contribution in [3.8, 4) is 0 Å². The second kappa shape index (κ2) is 5.24. The minimum Gasteiger partial charge on any atom is -0.406 e. The van der Waals surface area contributed by atoms with E-state index in [0.717, 1.165) is 25.9 Å². The average Bonchev–Trinajstić information content (AvgIpc) is 2.87. The maximum Gasteiger partial charge on any atom is 0.318 e. The lowest BCUT2D eigenvalue weighted by molar-refractivity contribution is -0.00569. The fraction of sp³-hybridized carbons (Fsp3) is 0.833. The number of ether oxygens (including phenoxy) is 1. The number of piperidine rings is 1. The highest BCUT2D eigenvalue weighted by atomic mass is 16.5. The third-order valence-electron chi connectivity index (χ3n) is 3.66. The molecule has 2 atom stereocenters. The Morgan fingerprint density at radius 1 is 1.50 bits per heavy atom. The summed E-state index contributed by atoms with van der Waals surface area (Å²) >= 11 is 0. The van der Waals surface area contributed by atoms with Gasteiger partial charge in [-0.1, -0.05) is 5.10 Å². The lowest BCUT2D eigenvalue weighted by Gasteiger charge is -2.38. The summed E-state index contributed by atoms with van der Waals surface area (Å²) in [6.07, 6.45) is 2.14. The Morgan fingerprint density at radius 2 is 2.28 bits per heavy atom. The van der Waals surface area contributed by atoms with E-state index in [2.05, 4.69) is 27.3 Å². The van der Waals surface area contributed by atoms with Crippen LogP contribution in [0.15, 0.2) is 4.42 Å². The molecule has 1 aliphatic heterocycles. The lowest BCUT2D eigenvalue weighted by Crippen LogP contribution is -2.47. The Morgan fingerprint density at radius 3 is 2.94 bits per heavy atom. The van der Waals surface area contributed by atoms with E-state index in [1.165, 1.54) is 0 Å². The van der Waals surface area contributed by atoms with E-state index in [9.17, 15) is 0 Å². The van der Waals surface area contributed by atoms with Gasteiger partial charge in [-0.15, -0.1) is 5.10 Å². The van der Waals surface area contributed by atoms with Gasteiger partial charge in [0.05, 0.1) is 18.2 Å². The van der Waals surface area contributed by atoms with Crippen molar-refractivity contribution in [2.45, 2.75) is 38.3 Å². The van der Waals surface area contributed by atoms with Crippen LogP contribution in [0.2, 0.25) is 0 Å². The Hall–Kier alpha value is -1.14. The zero-order valence-electron chi connectivity index (χ0n) is 11.6. The lowest BCUT2D eigenvalue weighted by atomic mass is 9.95. The number of nitrogens with zero attached hydrogens (tertiary/aromatic N) is 3. The molecule has 0 bridgehead atoms. The molecule has 0 amide bonds. The molecule has 18 heavy (non-hydrogen) atoms. The number of rotatable bonds is 4. The molecule has 1 saturated heterocycles. The smallest absolute Gasteiger partial charge is 0.318 e. The van der Waals surface area contributed by atoms with E-state index in [1.54, 1.807) is 7.11 Å². The summed E-state index contributed by atoms with van der Waals surface area (Å²) in [7, 11) is 3.63. The molecule has 0 radical (unpaired) electrons. The SMILES string of the molecule is CNC(C)c1nnc(N2CCCC(C)(OC)C2)o1. The highest BCUT2D eigenvalue weighted by Crippen LogP contribution is 2.27. The number of anilines is 1. The molecule has 102 valence electrons. The molecule has 0 spiro atoms. The van der Waals surface area contributed by atoms with Gasteiger partial charge in [0.15, 0.2) is 0 Å². The number of nitrogens with one attached hydrogen (secondary N) is 1. The fourth-order valence-electron chi connectivity index (χ4n) is 2.19. The number of hydrogen-bond acceptors (Lipinski definition) is 6. The first-order chi connectivity index (χ1) is 8.58. The topological polar surface area (TPSA) is 63.4 Å². The van der Waals surface area contributed by atoms with Gasteiger partial charge < -0.3 is 19.4 Å². The fourth-order valence-corrected chi connectivity index (χ4v) is 2.19. The summed E-state index contributed by atoms with van der Waals surface area (Å²) in [6, 6.07) is 0.667. The molecule has 1 aromatic rings. The van der Waals surface area contributed by atoms with Crippen LogP contribution in [0.3, 0.4) is 0 Å². The summed E-state index contributed by atoms with van der Waals surface area (Å²) in [5.74, 6) is 0.622. The van der Waals surface area contributed by atoms with Gasteiger partial charge in [0.25, 0.3) is 0 Å². The van der Waals surface area contributed by atoms with Gasteiger partial charge in [0.2, 0.25) is 5.89 Å². The average molecular weight is 254 g/mol. The van der Waals surface area contributed by atoms with E-state index in [-0.39, 0.29) is 11.6 Å². The van der Waals surface area contributed by atoms with Crippen LogP contribution in [0.5, 0.6) is 0 Å². The zero-order chi connectivity index (χ0) is 13.2. The van der Waals surface area contributed by atoms with E-state index in [1.807, 2.05) is 14.0 Å². The number of methoxy groups -OCH3 is 1. The molecule has 0 saturated carbocycles. The van der Waals surface area contributed by atoms with E-state index in [0.29, 0.717) is 11.9 Å². The first-order valence-corrected chi connectivity index (χ1v) is 6.39. The van der Waals surface area contributed by atoms with Crippen LogP contribution in [0.1, 0.15) is 38.6 Å². The van der Waals surface area contributed by atoms with Crippen LogP contribution < -0.4 is 10.2 Å². The molecular weight excluding hydrogens is 232 g/mol. The molecule has 1 N–H and O–H groups in total. The molecule has 0 aliphatic carbocycles. The normalized spacial score (nSPS) is 26.3. The third kappa shape index (κ3) is 2.64. The minimum atomic E-state index is -0.124.